The summed E-state index contributed by atoms with van der Waals surface area (Å²) in [7, 11) is 0. The second-order valence-electron chi connectivity index (χ2n) is 6.56. The molecule has 0 saturated carbocycles. The molecule has 134 valence electrons. The van der Waals surface area contributed by atoms with Crippen LogP contribution in [0, 0.1) is 6.92 Å². The Morgan fingerprint density at radius 2 is 2.00 bits per heavy atom. The minimum Gasteiger partial charge on any atom is -0.336 e. The highest BCUT2D eigenvalue weighted by molar-refractivity contribution is 7.09. The van der Waals surface area contributed by atoms with Crippen LogP contribution < -0.4 is 5.56 Å². The zero-order valence-electron chi connectivity index (χ0n) is 14.6. The van der Waals surface area contributed by atoms with E-state index in [0.717, 1.165) is 25.2 Å². The van der Waals surface area contributed by atoms with Crippen LogP contribution in [0.5, 0.6) is 0 Å². The van der Waals surface area contributed by atoms with Crippen LogP contribution in [0.1, 0.15) is 20.8 Å². The molecule has 0 radical (unpaired) electrons. The number of hydrogen-bond donors (Lipinski definition) is 0. The number of pyridine rings is 1. The largest absolute Gasteiger partial charge is 0.336 e. The normalized spacial score (nSPS) is 15.5. The van der Waals surface area contributed by atoms with Crippen LogP contribution in [0.2, 0.25) is 0 Å². The maximum atomic E-state index is 12.8. The molecule has 0 unspecified atom stereocenters. The first-order chi connectivity index (χ1) is 12.6. The van der Waals surface area contributed by atoms with E-state index in [0.29, 0.717) is 18.7 Å². The summed E-state index contributed by atoms with van der Waals surface area (Å²) < 4.78 is 1.45. The van der Waals surface area contributed by atoms with Crippen LogP contribution in [-0.2, 0) is 6.54 Å². The molecule has 0 aromatic carbocycles. The van der Waals surface area contributed by atoms with Gasteiger partial charge in [0.2, 0.25) is 0 Å². The lowest BCUT2D eigenvalue weighted by Crippen LogP contribution is -2.49. The first kappa shape index (κ1) is 16.9. The fourth-order valence-corrected chi connectivity index (χ4v) is 3.98. The van der Waals surface area contributed by atoms with Gasteiger partial charge in [0.1, 0.15) is 11.2 Å². The Hall–Kier alpha value is -2.51. The third kappa shape index (κ3) is 3.27. The van der Waals surface area contributed by atoms with Crippen molar-refractivity contribution in [1.82, 2.24) is 19.2 Å². The van der Waals surface area contributed by atoms with Crippen molar-refractivity contribution >= 4 is 22.9 Å². The topological polar surface area (TPSA) is 57.9 Å². The number of carbonyl (C=O) groups excluding carboxylic acids is 1. The van der Waals surface area contributed by atoms with Gasteiger partial charge in [-0.1, -0.05) is 12.1 Å². The molecular formula is C19H20N4O2S. The SMILES string of the molecule is Cc1ccc2ncc(C(=O)N3CCN(Cc4cccs4)CC3)c(=O)n2c1. The summed E-state index contributed by atoms with van der Waals surface area (Å²) in [6, 6.07) is 7.87. The summed E-state index contributed by atoms with van der Waals surface area (Å²) >= 11 is 1.75. The van der Waals surface area contributed by atoms with E-state index in [2.05, 4.69) is 27.4 Å². The first-order valence-corrected chi connectivity index (χ1v) is 9.52. The van der Waals surface area contributed by atoms with E-state index in [9.17, 15) is 9.59 Å². The molecule has 0 bridgehead atoms. The van der Waals surface area contributed by atoms with Crippen molar-refractivity contribution in [3.05, 3.63) is 68.4 Å². The quantitative estimate of drug-likeness (QED) is 0.710. The summed E-state index contributed by atoms with van der Waals surface area (Å²) in [6.45, 7) is 5.70. The molecule has 0 aliphatic carbocycles. The van der Waals surface area contributed by atoms with Crippen LogP contribution in [0.3, 0.4) is 0 Å². The highest BCUT2D eigenvalue weighted by Crippen LogP contribution is 2.14. The summed E-state index contributed by atoms with van der Waals surface area (Å²) in [5.41, 5.74) is 1.34. The van der Waals surface area contributed by atoms with Crippen molar-refractivity contribution in [3.8, 4) is 0 Å². The van der Waals surface area contributed by atoms with Gasteiger partial charge in [-0.25, -0.2) is 4.98 Å². The van der Waals surface area contributed by atoms with E-state index in [-0.39, 0.29) is 17.0 Å². The molecule has 7 heteroatoms. The molecule has 1 amide bonds. The number of fused-ring (bicyclic) bond motifs is 1. The van der Waals surface area contributed by atoms with Gasteiger partial charge >= 0.3 is 0 Å². The van der Waals surface area contributed by atoms with Gasteiger partial charge in [-0.05, 0) is 30.0 Å². The van der Waals surface area contributed by atoms with Crippen molar-refractivity contribution in [2.75, 3.05) is 26.2 Å². The smallest absolute Gasteiger partial charge is 0.270 e. The molecule has 6 nitrogen and oxygen atoms in total. The maximum Gasteiger partial charge on any atom is 0.270 e. The predicted octanol–water partition coefficient (Wildman–Crippen LogP) is 2.02. The van der Waals surface area contributed by atoms with Crippen LogP contribution in [0.4, 0.5) is 0 Å². The van der Waals surface area contributed by atoms with Crippen molar-refractivity contribution in [1.29, 1.82) is 0 Å². The number of aryl methyl sites for hydroxylation is 1. The van der Waals surface area contributed by atoms with Crippen molar-refractivity contribution < 1.29 is 4.79 Å². The van der Waals surface area contributed by atoms with Crippen LogP contribution >= 0.6 is 11.3 Å². The monoisotopic (exact) mass is 368 g/mol. The molecule has 1 aliphatic heterocycles. The molecule has 0 atom stereocenters. The number of hydrogen-bond acceptors (Lipinski definition) is 5. The second kappa shape index (κ2) is 7.01. The number of carbonyl (C=O) groups is 1. The summed E-state index contributed by atoms with van der Waals surface area (Å²) in [5.74, 6) is -0.228. The van der Waals surface area contributed by atoms with E-state index >= 15 is 0 Å². The summed E-state index contributed by atoms with van der Waals surface area (Å²) in [4.78, 5) is 35.2. The molecule has 4 rings (SSSR count). The minimum absolute atomic E-state index is 0.139. The van der Waals surface area contributed by atoms with E-state index in [1.165, 1.54) is 15.5 Å². The fraction of sp³-hybridized carbons (Fsp3) is 0.316. The number of rotatable bonds is 3. The molecule has 26 heavy (non-hydrogen) atoms. The van der Waals surface area contributed by atoms with Gasteiger partial charge in [0, 0.05) is 50.0 Å². The minimum atomic E-state index is -0.301. The Kier molecular flexibility index (Phi) is 4.57. The van der Waals surface area contributed by atoms with Gasteiger partial charge in [0.05, 0.1) is 0 Å². The van der Waals surface area contributed by atoms with Crippen molar-refractivity contribution in [2.45, 2.75) is 13.5 Å². The zero-order chi connectivity index (χ0) is 18.1. The van der Waals surface area contributed by atoms with Gasteiger partial charge in [-0.2, -0.15) is 0 Å². The number of nitrogens with zero attached hydrogens (tertiary/aromatic N) is 4. The number of amides is 1. The molecule has 3 aromatic rings. The number of piperazine rings is 1. The van der Waals surface area contributed by atoms with E-state index in [1.807, 2.05) is 13.0 Å². The third-order valence-corrected chi connectivity index (χ3v) is 5.56. The van der Waals surface area contributed by atoms with Crippen molar-refractivity contribution in [2.24, 2.45) is 0 Å². The molecule has 1 fully saturated rings. The second-order valence-corrected chi connectivity index (χ2v) is 7.59. The Morgan fingerprint density at radius 1 is 1.19 bits per heavy atom. The Bertz CT molecular complexity index is 988. The highest BCUT2D eigenvalue weighted by Gasteiger charge is 2.24. The number of aromatic nitrogens is 2. The molecular weight excluding hydrogens is 348 g/mol. The predicted molar refractivity (Wildman–Crippen MR) is 102 cm³/mol. The lowest BCUT2D eigenvalue weighted by molar-refractivity contribution is 0.0627. The molecule has 0 spiro atoms. The zero-order valence-corrected chi connectivity index (χ0v) is 15.4. The Balaban J connectivity index is 1.49. The maximum absolute atomic E-state index is 12.8. The van der Waals surface area contributed by atoms with E-state index < -0.39 is 0 Å². The van der Waals surface area contributed by atoms with E-state index in [4.69, 9.17) is 0 Å². The van der Waals surface area contributed by atoms with Gasteiger partial charge in [0.15, 0.2) is 0 Å². The van der Waals surface area contributed by atoms with Crippen LogP contribution in [-0.4, -0.2) is 51.3 Å². The van der Waals surface area contributed by atoms with E-state index in [1.54, 1.807) is 28.5 Å². The average Bonchev–Trinajstić information content (AvgIpc) is 3.16. The third-order valence-electron chi connectivity index (χ3n) is 4.70. The standard InChI is InChI=1S/C19H20N4O2S/c1-14-4-5-17-20-11-16(19(25)23(17)12-14)18(24)22-8-6-21(7-9-22)13-15-3-2-10-26-15/h2-5,10-12H,6-9,13H2,1H3. The van der Waals surface area contributed by atoms with Gasteiger partial charge in [-0.15, -0.1) is 11.3 Å². The molecule has 1 saturated heterocycles. The lowest BCUT2D eigenvalue weighted by atomic mass is 10.2. The number of thiophene rings is 1. The molecule has 3 aromatic heterocycles. The summed E-state index contributed by atoms with van der Waals surface area (Å²) in [6.07, 6.45) is 3.13. The molecule has 0 N–H and O–H groups in total. The van der Waals surface area contributed by atoms with Gasteiger partial charge in [0.25, 0.3) is 11.5 Å². The summed E-state index contributed by atoms with van der Waals surface area (Å²) in [5, 5.41) is 2.08. The first-order valence-electron chi connectivity index (χ1n) is 8.64. The lowest BCUT2D eigenvalue weighted by Gasteiger charge is -2.34. The van der Waals surface area contributed by atoms with Crippen LogP contribution in [0.15, 0.2) is 46.8 Å². The van der Waals surface area contributed by atoms with Crippen LogP contribution in [0.25, 0.3) is 5.65 Å². The highest BCUT2D eigenvalue weighted by atomic mass is 32.1. The Morgan fingerprint density at radius 3 is 2.73 bits per heavy atom. The van der Waals surface area contributed by atoms with Gasteiger partial charge < -0.3 is 4.90 Å². The molecule has 4 heterocycles. The Labute approximate surface area is 155 Å². The van der Waals surface area contributed by atoms with Crippen molar-refractivity contribution in [3.63, 3.8) is 0 Å². The average molecular weight is 368 g/mol. The molecule has 1 aliphatic rings. The fourth-order valence-electron chi connectivity index (χ4n) is 3.23. The van der Waals surface area contributed by atoms with Gasteiger partial charge in [-0.3, -0.25) is 18.9 Å².